The SMILES string of the molecule is CNCCNc1cccc2nc3ccccc3cc12. The molecule has 0 spiro atoms. The number of fused-ring (bicyclic) bond motifs is 2. The molecule has 0 amide bonds. The number of para-hydroxylation sites is 1. The molecule has 0 bridgehead atoms. The van der Waals surface area contributed by atoms with Crippen molar-refractivity contribution in [2.24, 2.45) is 0 Å². The zero-order chi connectivity index (χ0) is 13.1. The minimum Gasteiger partial charge on any atom is -0.383 e. The second-order valence-electron chi connectivity index (χ2n) is 4.58. The number of anilines is 1. The molecule has 3 aromatic rings. The fourth-order valence-electron chi connectivity index (χ4n) is 2.28. The first-order valence-corrected chi connectivity index (χ1v) is 6.55. The van der Waals surface area contributed by atoms with Crippen LogP contribution < -0.4 is 10.6 Å². The molecule has 2 N–H and O–H groups in total. The van der Waals surface area contributed by atoms with E-state index in [0.29, 0.717) is 0 Å². The van der Waals surface area contributed by atoms with Crippen LogP contribution in [-0.2, 0) is 0 Å². The quantitative estimate of drug-likeness (QED) is 0.553. The Morgan fingerprint density at radius 1 is 0.947 bits per heavy atom. The van der Waals surface area contributed by atoms with E-state index < -0.39 is 0 Å². The maximum absolute atomic E-state index is 4.71. The maximum Gasteiger partial charge on any atom is 0.0730 e. The molecule has 3 rings (SSSR count). The Bertz CT molecular complexity index is 707. The summed E-state index contributed by atoms with van der Waals surface area (Å²) in [5, 5.41) is 8.94. The summed E-state index contributed by atoms with van der Waals surface area (Å²) in [5.41, 5.74) is 3.22. The number of hydrogen-bond donors (Lipinski definition) is 2. The van der Waals surface area contributed by atoms with Crippen LogP contribution in [0.3, 0.4) is 0 Å². The molecular weight excluding hydrogens is 234 g/mol. The smallest absolute Gasteiger partial charge is 0.0730 e. The van der Waals surface area contributed by atoms with Gasteiger partial charge in [0.2, 0.25) is 0 Å². The minimum absolute atomic E-state index is 0.905. The average Bonchev–Trinajstić information content (AvgIpc) is 2.46. The third-order valence-corrected chi connectivity index (χ3v) is 3.25. The van der Waals surface area contributed by atoms with Gasteiger partial charge in [0.15, 0.2) is 0 Å². The number of likely N-dealkylation sites (N-methyl/N-ethyl adjacent to an activating group) is 1. The Labute approximate surface area is 112 Å². The van der Waals surface area contributed by atoms with E-state index in [4.69, 9.17) is 4.98 Å². The number of nitrogens with one attached hydrogen (secondary N) is 2. The molecule has 0 saturated heterocycles. The molecule has 0 unspecified atom stereocenters. The molecular formula is C16H17N3. The first-order valence-electron chi connectivity index (χ1n) is 6.55. The van der Waals surface area contributed by atoms with Crippen molar-refractivity contribution in [3.05, 3.63) is 48.5 Å². The summed E-state index contributed by atoms with van der Waals surface area (Å²) in [4.78, 5) is 4.71. The van der Waals surface area contributed by atoms with Gasteiger partial charge in [-0.15, -0.1) is 0 Å². The summed E-state index contributed by atoms with van der Waals surface area (Å²) in [5.74, 6) is 0. The summed E-state index contributed by atoms with van der Waals surface area (Å²) >= 11 is 0. The fourth-order valence-corrected chi connectivity index (χ4v) is 2.28. The summed E-state index contributed by atoms with van der Waals surface area (Å²) in [6.07, 6.45) is 0. The zero-order valence-electron chi connectivity index (χ0n) is 11.0. The molecule has 0 radical (unpaired) electrons. The number of rotatable bonds is 4. The molecule has 2 aromatic carbocycles. The van der Waals surface area contributed by atoms with Crippen LogP contribution in [0, 0.1) is 0 Å². The van der Waals surface area contributed by atoms with Crippen LogP contribution in [0.15, 0.2) is 48.5 Å². The van der Waals surface area contributed by atoms with E-state index in [-0.39, 0.29) is 0 Å². The first kappa shape index (κ1) is 11.9. The Morgan fingerprint density at radius 2 is 1.79 bits per heavy atom. The van der Waals surface area contributed by atoms with Crippen LogP contribution in [0.25, 0.3) is 21.8 Å². The van der Waals surface area contributed by atoms with Crippen LogP contribution >= 0.6 is 0 Å². The van der Waals surface area contributed by atoms with E-state index in [1.807, 2.05) is 25.2 Å². The standard InChI is InChI=1S/C16H17N3/c1-17-9-10-18-15-7-4-8-16-13(15)11-12-5-2-3-6-14(12)19-16/h2-8,11,17-18H,9-10H2,1H3. The molecule has 0 fully saturated rings. The fraction of sp³-hybridized carbons (Fsp3) is 0.188. The Morgan fingerprint density at radius 3 is 2.68 bits per heavy atom. The van der Waals surface area contributed by atoms with Crippen molar-refractivity contribution >= 4 is 27.5 Å². The summed E-state index contributed by atoms with van der Waals surface area (Å²) in [6, 6.07) is 16.6. The largest absolute Gasteiger partial charge is 0.383 e. The van der Waals surface area contributed by atoms with Gasteiger partial charge in [-0.3, -0.25) is 0 Å². The normalized spacial score (nSPS) is 11.0. The molecule has 19 heavy (non-hydrogen) atoms. The monoisotopic (exact) mass is 251 g/mol. The Balaban J connectivity index is 2.09. The van der Waals surface area contributed by atoms with Crippen molar-refractivity contribution in [2.45, 2.75) is 0 Å². The van der Waals surface area contributed by atoms with Gasteiger partial charge in [0.1, 0.15) is 0 Å². The third kappa shape index (κ3) is 2.37. The van der Waals surface area contributed by atoms with Gasteiger partial charge in [-0.05, 0) is 31.3 Å². The highest BCUT2D eigenvalue weighted by molar-refractivity contribution is 5.99. The number of pyridine rings is 1. The van der Waals surface area contributed by atoms with Crippen molar-refractivity contribution in [1.29, 1.82) is 0 Å². The van der Waals surface area contributed by atoms with Gasteiger partial charge in [-0.25, -0.2) is 4.98 Å². The molecule has 3 heteroatoms. The van der Waals surface area contributed by atoms with Crippen molar-refractivity contribution < 1.29 is 0 Å². The van der Waals surface area contributed by atoms with Gasteiger partial charge < -0.3 is 10.6 Å². The van der Waals surface area contributed by atoms with Gasteiger partial charge in [0.05, 0.1) is 11.0 Å². The highest BCUT2D eigenvalue weighted by atomic mass is 14.9. The lowest BCUT2D eigenvalue weighted by atomic mass is 10.1. The predicted octanol–water partition coefficient (Wildman–Crippen LogP) is 3.02. The lowest BCUT2D eigenvalue weighted by Crippen LogP contribution is -2.17. The van der Waals surface area contributed by atoms with Crippen LogP contribution in [0.2, 0.25) is 0 Å². The van der Waals surface area contributed by atoms with Crippen LogP contribution in [-0.4, -0.2) is 25.1 Å². The second kappa shape index (κ2) is 5.24. The summed E-state index contributed by atoms with van der Waals surface area (Å²) in [7, 11) is 1.96. The maximum atomic E-state index is 4.71. The van der Waals surface area contributed by atoms with Crippen LogP contribution in [0.4, 0.5) is 5.69 Å². The number of benzene rings is 2. The molecule has 0 saturated carbocycles. The lowest BCUT2D eigenvalue weighted by Gasteiger charge is -2.10. The number of hydrogen-bond acceptors (Lipinski definition) is 3. The van der Waals surface area contributed by atoms with Gasteiger partial charge in [0.25, 0.3) is 0 Å². The zero-order valence-corrected chi connectivity index (χ0v) is 11.0. The van der Waals surface area contributed by atoms with E-state index in [2.05, 4.69) is 41.0 Å². The topological polar surface area (TPSA) is 37.0 Å². The van der Waals surface area contributed by atoms with E-state index in [0.717, 1.165) is 29.8 Å². The van der Waals surface area contributed by atoms with Gasteiger partial charge in [0, 0.05) is 29.5 Å². The molecule has 96 valence electrons. The summed E-state index contributed by atoms with van der Waals surface area (Å²) in [6.45, 7) is 1.85. The second-order valence-corrected chi connectivity index (χ2v) is 4.58. The Kier molecular flexibility index (Phi) is 3.29. The van der Waals surface area contributed by atoms with E-state index >= 15 is 0 Å². The average molecular weight is 251 g/mol. The van der Waals surface area contributed by atoms with Crippen LogP contribution in [0.5, 0.6) is 0 Å². The lowest BCUT2D eigenvalue weighted by molar-refractivity contribution is 0.824. The van der Waals surface area contributed by atoms with E-state index in [1.54, 1.807) is 0 Å². The van der Waals surface area contributed by atoms with Gasteiger partial charge >= 0.3 is 0 Å². The molecule has 1 aromatic heterocycles. The van der Waals surface area contributed by atoms with Crippen molar-refractivity contribution in [3.8, 4) is 0 Å². The van der Waals surface area contributed by atoms with E-state index in [9.17, 15) is 0 Å². The predicted molar refractivity (Wildman–Crippen MR) is 81.7 cm³/mol. The van der Waals surface area contributed by atoms with Gasteiger partial charge in [-0.1, -0.05) is 24.3 Å². The van der Waals surface area contributed by atoms with Gasteiger partial charge in [-0.2, -0.15) is 0 Å². The molecule has 0 aliphatic rings. The molecule has 0 atom stereocenters. The summed E-state index contributed by atoms with van der Waals surface area (Å²) < 4.78 is 0. The van der Waals surface area contributed by atoms with Crippen LogP contribution in [0.1, 0.15) is 0 Å². The first-order chi connectivity index (χ1) is 9.38. The van der Waals surface area contributed by atoms with Crippen molar-refractivity contribution in [2.75, 3.05) is 25.5 Å². The highest BCUT2D eigenvalue weighted by Gasteiger charge is 2.03. The van der Waals surface area contributed by atoms with Crippen molar-refractivity contribution in [3.63, 3.8) is 0 Å². The third-order valence-electron chi connectivity index (χ3n) is 3.25. The van der Waals surface area contributed by atoms with E-state index in [1.165, 1.54) is 10.8 Å². The molecule has 3 nitrogen and oxygen atoms in total. The number of nitrogens with zero attached hydrogens (tertiary/aromatic N) is 1. The Hall–Kier alpha value is -2.13. The van der Waals surface area contributed by atoms with Crippen molar-refractivity contribution in [1.82, 2.24) is 10.3 Å². The minimum atomic E-state index is 0.905. The molecule has 0 aliphatic heterocycles. The molecule has 1 heterocycles. The highest BCUT2D eigenvalue weighted by Crippen LogP contribution is 2.25. The number of aromatic nitrogens is 1. The molecule has 0 aliphatic carbocycles.